The van der Waals surface area contributed by atoms with Gasteiger partial charge in [0.2, 0.25) is 0 Å². The van der Waals surface area contributed by atoms with Crippen LogP contribution in [0, 0.1) is 0 Å². The van der Waals surface area contributed by atoms with Gasteiger partial charge in [-0.1, -0.05) is 54.1 Å². The van der Waals surface area contributed by atoms with Crippen LogP contribution >= 0.6 is 27.5 Å². The van der Waals surface area contributed by atoms with Crippen molar-refractivity contribution in [1.29, 1.82) is 0 Å². The molecule has 0 aliphatic carbocycles. The molecule has 0 unspecified atom stereocenters. The molecule has 190 valence electrons. The molecule has 9 heteroatoms. The van der Waals surface area contributed by atoms with Crippen molar-refractivity contribution in [1.82, 2.24) is 5.32 Å². The topological polar surface area (TPSA) is 84.9 Å². The van der Waals surface area contributed by atoms with Crippen LogP contribution in [0.5, 0.6) is 11.5 Å². The van der Waals surface area contributed by atoms with Gasteiger partial charge >= 0.3 is 6.03 Å². The molecule has 1 aliphatic rings. The number of nitrogens with zero attached hydrogens (tertiary/aromatic N) is 1. The molecule has 0 spiro atoms. The van der Waals surface area contributed by atoms with Crippen molar-refractivity contribution >= 4 is 67.9 Å². The summed E-state index contributed by atoms with van der Waals surface area (Å²) in [5.41, 5.74) is 1.58. The lowest BCUT2D eigenvalue weighted by molar-refractivity contribution is -0.122. The highest BCUT2D eigenvalue weighted by atomic mass is 79.9. The van der Waals surface area contributed by atoms with E-state index in [0.29, 0.717) is 33.2 Å². The average molecular weight is 592 g/mol. The summed E-state index contributed by atoms with van der Waals surface area (Å²) in [5.74, 6) is -0.676. The minimum atomic E-state index is -0.838. The Hall–Kier alpha value is -4.14. The number of rotatable bonds is 6. The summed E-state index contributed by atoms with van der Waals surface area (Å²) in [6.07, 6.45) is 1.40. The number of benzene rings is 4. The third-order valence-electron chi connectivity index (χ3n) is 6.00. The minimum absolute atomic E-state index is 0.210. The third kappa shape index (κ3) is 5.01. The first-order valence-corrected chi connectivity index (χ1v) is 12.7. The lowest BCUT2D eigenvalue weighted by Crippen LogP contribution is -2.54. The Morgan fingerprint density at radius 2 is 1.71 bits per heavy atom. The van der Waals surface area contributed by atoms with Crippen molar-refractivity contribution < 1.29 is 23.9 Å². The Bertz CT molecular complexity index is 1610. The number of imide groups is 2. The van der Waals surface area contributed by atoms with E-state index < -0.39 is 17.8 Å². The van der Waals surface area contributed by atoms with Crippen LogP contribution in [0.15, 0.2) is 88.9 Å². The van der Waals surface area contributed by atoms with E-state index in [4.69, 9.17) is 21.1 Å². The number of amides is 4. The number of carbonyl (C=O) groups excluding carboxylic acids is 3. The van der Waals surface area contributed by atoms with Gasteiger partial charge in [0.05, 0.1) is 17.3 Å². The zero-order valence-electron chi connectivity index (χ0n) is 20.0. The molecule has 4 aromatic rings. The largest absolute Gasteiger partial charge is 0.493 e. The summed E-state index contributed by atoms with van der Waals surface area (Å²) >= 11 is 9.45. The molecule has 38 heavy (non-hydrogen) atoms. The first-order chi connectivity index (χ1) is 18.4. The van der Waals surface area contributed by atoms with E-state index in [2.05, 4.69) is 21.2 Å². The van der Waals surface area contributed by atoms with E-state index in [0.717, 1.165) is 21.2 Å². The highest BCUT2D eigenvalue weighted by molar-refractivity contribution is 9.10. The molecule has 0 radical (unpaired) electrons. The molecule has 1 fully saturated rings. The molecule has 1 heterocycles. The number of anilines is 1. The van der Waals surface area contributed by atoms with E-state index in [9.17, 15) is 14.4 Å². The summed E-state index contributed by atoms with van der Waals surface area (Å²) in [5, 5.41) is 4.86. The molecular formula is C29H20BrClN2O5. The second kappa shape index (κ2) is 10.7. The Balaban J connectivity index is 1.44. The average Bonchev–Trinajstić information content (AvgIpc) is 2.91. The van der Waals surface area contributed by atoms with Crippen LogP contribution < -0.4 is 19.7 Å². The van der Waals surface area contributed by atoms with Crippen molar-refractivity contribution in [2.45, 2.75) is 6.61 Å². The van der Waals surface area contributed by atoms with E-state index in [1.54, 1.807) is 24.3 Å². The molecule has 4 aromatic carbocycles. The van der Waals surface area contributed by atoms with E-state index in [1.165, 1.54) is 25.3 Å². The van der Waals surface area contributed by atoms with Gasteiger partial charge < -0.3 is 9.47 Å². The monoisotopic (exact) mass is 590 g/mol. The Morgan fingerprint density at radius 3 is 2.47 bits per heavy atom. The Kier molecular flexibility index (Phi) is 7.18. The number of hydrogen-bond acceptors (Lipinski definition) is 5. The number of ether oxygens (including phenoxy) is 2. The summed E-state index contributed by atoms with van der Waals surface area (Å²) in [6, 6.07) is 22.7. The summed E-state index contributed by atoms with van der Waals surface area (Å²) in [7, 11) is 1.50. The Morgan fingerprint density at radius 1 is 0.974 bits per heavy atom. The quantitative estimate of drug-likeness (QED) is 0.204. The van der Waals surface area contributed by atoms with Crippen molar-refractivity contribution in [3.8, 4) is 11.5 Å². The van der Waals surface area contributed by atoms with Crippen LogP contribution in [0.4, 0.5) is 10.5 Å². The normalized spacial score (nSPS) is 14.7. The number of methoxy groups -OCH3 is 1. The van der Waals surface area contributed by atoms with Gasteiger partial charge in [-0.2, -0.15) is 0 Å². The van der Waals surface area contributed by atoms with Gasteiger partial charge in [0.25, 0.3) is 11.8 Å². The van der Waals surface area contributed by atoms with Crippen molar-refractivity contribution in [3.63, 3.8) is 0 Å². The summed E-state index contributed by atoms with van der Waals surface area (Å²) in [6.45, 7) is 0.301. The van der Waals surface area contributed by atoms with Gasteiger partial charge in [-0.15, -0.1) is 0 Å². The predicted molar refractivity (Wildman–Crippen MR) is 149 cm³/mol. The lowest BCUT2D eigenvalue weighted by atomic mass is 10.1. The fraction of sp³-hybridized carbons (Fsp3) is 0.0690. The Labute approximate surface area is 231 Å². The highest BCUT2D eigenvalue weighted by Crippen LogP contribution is 2.38. The van der Waals surface area contributed by atoms with Gasteiger partial charge in [-0.05, 0) is 80.3 Å². The molecule has 1 N–H and O–H groups in total. The van der Waals surface area contributed by atoms with Crippen molar-refractivity contribution in [2.75, 3.05) is 12.0 Å². The van der Waals surface area contributed by atoms with Crippen molar-refractivity contribution in [2.24, 2.45) is 0 Å². The van der Waals surface area contributed by atoms with E-state index in [-0.39, 0.29) is 11.3 Å². The van der Waals surface area contributed by atoms with Crippen LogP contribution in [0.3, 0.4) is 0 Å². The molecule has 5 rings (SSSR count). The maximum absolute atomic E-state index is 13.2. The van der Waals surface area contributed by atoms with E-state index >= 15 is 0 Å². The van der Waals surface area contributed by atoms with Gasteiger partial charge in [0.15, 0.2) is 11.5 Å². The first kappa shape index (κ1) is 25.5. The number of barbiturate groups is 1. The molecule has 0 atom stereocenters. The van der Waals surface area contributed by atoms with Crippen LogP contribution in [0.25, 0.3) is 16.8 Å². The molecular weight excluding hydrogens is 572 g/mol. The summed E-state index contributed by atoms with van der Waals surface area (Å²) in [4.78, 5) is 39.1. The lowest BCUT2D eigenvalue weighted by Gasteiger charge is -2.26. The molecule has 0 aromatic heterocycles. The van der Waals surface area contributed by atoms with Crippen molar-refractivity contribution in [3.05, 3.63) is 105 Å². The zero-order chi connectivity index (χ0) is 26.8. The SMILES string of the molecule is COc1cc(/C=C2/C(=O)NC(=O)N(c3ccc(Cl)cc3)C2=O)cc(Br)c1OCc1cccc2ccccc12. The minimum Gasteiger partial charge on any atom is -0.493 e. The molecule has 1 saturated heterocycles. The van der Waals surface area contributed by atoms with Crippen LogP contribution in [-0.4, -0.2) is 25.0 Å². The molecule has 0 bridgehead atoms. The fourth-order valence-electron chi connectivity index (χ4n) is 4.18. The van der Waals surface area contributed by atoms with Gasteiger partial charge in [0.1, 0.15) is 12.2 Å². The second-order valence-corrected chi connectivity index (χ2v) is 9.69. The number of halogens is 2. The highest BCUT2D eigenvalue weighted by Gasteiger charge is 2.36. The third-order valence-corrected chi connectivity index (χ3v) is 6.84. The standard InChI is InChI=1S/C29H20BrClN2O5/c1-37-25-15-17(13-23-27(34)32-29(36)33(28(23)35)21-11-9-20(31)10-12-21)14-24(30)26(25)38-16-19-7-4-6-18-5-2-3-8-22(18)19/h2-15H,16H2,1H3,(H,32,34,36)/b23-13-. The zero-order valence-corrected chi connectivity index (χ0v) is 22.4. The number of hydrogen-bond donors (Lipinski definition) is 1. The van der Waals surface area contributed by atoms with Crippen LogP contribution in [0.2, 0.25) is 5.02 Å². The first-order valence-electron chi connectivity index (χ1n) is 11.5. The summed E-state index contributed by atoms with van der Waals surface area (Å²) < 4.78 is 12.3. The molecule has 4 amide bonds. The molecule has 1 aliphatic heterocycles. The number of fused-ring (bicyclic) bond motifs is 1. The van der Waals surface area contributed by atoms with Gasteiger partial charge in [-0.25, -0.2) is 9.69 Å². The van der Waals surface area contributed by atoms with Crippen LogP contribution in [-0.2, 0) is 16.2 Å². The number of urea groups is 1. The smallest absolute Gasteiger partial charge is 0.335 e. The molecule has 7 nitrogen and oxygen atoms in total. The van der Waals surface area contributed by atoms with Gasteiger partial charge in [-0.3, -0.25) is 14.9 Å². The van der Waals surface area contributed by atoms with E-state index in [1.807, 2.05) is 42.5 Å². The molecule has 0 saturated carbocycles. The maximum atomic E-state index is 13.2. The number of nitrogens with one attached hydrogen (secondary N) is 1. The second-order valence-electron chi connectivity index (χ2n) is 8.40. The van der Waals surface area contributed by atoms with Gasteiger partial charge in [0, 0.05) is 5.02 Å². The maximum Gasteiger partial charge on any atom is 0.335 e. The number of carbonyl (C=O) groups is 3. The predicted octanol–water partition coefficient (Wildman–Crippen LogP) is 6.51. The van der Waals surface area contributed by atoms with Crippen LogP contribution in [0.1, 0.15) is 11.1 Å². The fourth-order valence-corrected chi connectivity index (χ4v) is 4.88.